The second-order valence-corrected chi connectivity index (χ2v) is 6.21. The number of carbonyl (C=O) groups is 2. The van der Waals surface area contributed by atoms with E-state index >= 15 is 0 Å². The van der Waals surface area contributed by atoms with Crippen LogP contribution in [0.15, 0.2) is 30.3 Å². The third-order valence-corrected chi connectivity index (χ3v) is 4.28. The summed E-state index contributed by atoms with van der Waals surface area (Å²) >= 11 is 0. The van der Waals surface area contributed by atoms with Gasteiger partial charge in [-0.1, -0.05) is 12.1 Å². The molecule has 1 aromatic carbocycles. The maximum absolute atomic E-state index is 12.8. The number of amides is 1. The predicted molar refractivity (Wildman–Crippen MR) is 90.5 cm³/mol. The average Bonchev–Trinajstić information content (AvgIpc) is 2.91. The van der Waals surface area contributed by atoms with Gasteiger partial charge in [0.2, 0.25) is 0 Å². The Bertz CT molecular complexity index is 799. The molecule has 0 bridgehead atoms. The number of aryl methyl sites for hydroxylation is 2. The largest absolute Gasteiger partial charge is 0.480 e. The minimum atomic E-state index is -1.05. The van der Waals surface area contributed by atoms with Crippen LogP contribution >= 0.6 is 0 Å². The summed E-state index contributed by atoms with van der Waals surface area (Å²) in [4.78, 5) is 25.5. The van der Waals surface area contributed by atoms with Crippen LogP contribution in [-0.4, -0.2) is 57.5 Å². The minimum absolute atomic E-state index is 0.0204. The fourth-order valence-corrected chi connectivity index (χ4v) is 3.03. The van der Waals surface area contributed by atoms with Crippen LogP contribution in [0, 0.1) is 13.8 Å². The lowest BCUT2D eigenvalue weighted by molar-refractivity contribution is -0.147. The first-order valence-corrected chi connectivity index (χ1v) is 8.17. The van der Waals surface area contributed by atoms with Crippen molar-refractivity contribution in [1.29, 1.82) is 0 Å². The zero-order chi connectivity index (χ0) is 18.0. The SMILES string of the molecule is Cc1cc(C)n(Cc2cccc(C(=O)N3CCOCC3C(=O)O)c2)n1. The molecule has 1 aliphatic rings. The molecule has 0 spiro atoms. The van der Waals surface area contributed by atoms with Gasteiger partial charge < -0.3 is 14.7 Å². The van der Waals surface area contributed by atoms with Crippen LogP contribution in [-0.2, 0) is 16.1 Å². The highest BCUT2D eigenvalue weighted by atomic mass is 16.5. The van der Waals surface area contributed by atoms with E-state index in [0.717, 1.165) is 17.0 Å². The first-order chi connectivity index (χ1) is 12.0. The fourth-order valence-electron chi connectivity index (χ4n) is 3.03. The lowest BCUT2D eigenvalue weighted by Crippen LogP contribution is -2.52. The van der Waals surface area contributed by atoms with E-state index in [1.54, 1.807) is 12.1 Å². The molecule has 1 fully saturated rings. The van der Waals surface area contributed by atoms with E-state index in [4.69, 9.17) is 4.74 Å². The third kappa shape index (κ3) is 3.71. The molecule has 0 aliphatic carbocycles. The second-order valence-electron chi connectivity index (χ2n) is 6.21. The number of ether oxygens (including phenoxy) is 1. The molecule has 25 heavy (non-hydrogen) atoms. The lowest BCUT2D eigenvalue weighted by Gasteiger charge is -2.33. The monoisotopic (exact) mass is 343 g/mol. The van der Waals surface area contributed by atoms with Crippen molar-refractivity contribution in [3.05, 3.63) is 52.8 Å². The first kappa shape index (κ1) is 17.2. The Labute approximate surface area is 145 Å². The predicted octanol–water partition coefficient (Wildman–Crippen LogP) is 1.47. The smallest absolute Gasteiger partial charge is 0.328 e. The van der Waals surface area contributed by atoms with Gasteiger partial charge in [-0.15, -0.1) is 0 Å². The highest BCUT2D eigenvalue weighted by Gasteiger charge is 2.33. The lowest BCUT2D eigenvalue weighted by atomic mass is 10.1. The Morgan fingerprint density at radius 2 is 2.12 bits per heavy atom. The van der Waals surface area contributed by atoms with E-state index < -0.39 is 12.0 Å². The summed E-state index contributed by atoms with van der Waals surface area (Å²) in [6.07, 6.45) is 0. The van der Waals surface area contributed by atoms with Crippen LogP contribution in [0.25, 0.3) is 0 Å². The molecular formula is C18H21N3O4. The van der Waals surface area contributed by atoms with Gasteiger partial charge in [-0.2, -0.15) is 5.10 Å². The number of aromatic nitrogens is 2. The van der Waals surface area contributed by atoms with Gasteiger partial charge in [-0.25, -0.2) is 4.79 Å². The van der Waals surface area contributed by atoms with Gasteiger partial charge in [0.25, 0.3) is 5.91 Å². The maximum atomic E-state index is 12.8. The number of benzene rings is 1. The van der Waals surface area contributed by atoms with Crippen LogP contribution < -0.4 is 0 Å². The van der Waals surface area contributed by atoms with Crippen molar-refractivity contribution in [2.45, 2.75) is 26.4 Å². The van der Waals surface area contributed by atoms with Crippen molar-refractivity contribution >= 4 is 11.9 Å². The van der Waals surface area contributed by atoms with Crippen LogP contribution in [0.2, 0.25) is 0 Å². The minimum Gasteiger partial charge on any atom is -0.480 e. The molecule has 7 heteroatoms. The third-order valence-electron chi connectivity index (χ3n) is 4.28. The summed E-state index contributed by atoms with van der Waals surface area (Å²) < 4.78 is 7.07. The Balaban J connectivity index is 1.81. The van der Waals surface area contributed by atoms with Crippen molar-refractivity contribution in [2.75, 3.05) is 19.8 Å². The Morgan fingerprint density at radius 3 is 2.80 bits per heavy atom. The highest BCUT2D eigenvalue weighted by Crippen LogP contribution is 2.15. The molecule has 0 radical (unpaired) electrons. The Morgan fingerprint density at radius 1 is 1.32 bits per heavy atom. The normalized spacial score (nSPS) is 17.5. The second kappa shape index (κ2) is 7.06. The molecule has 132 valence electrons. The number of carboxylic acids is 1. The molecule has 3 rings (SSSR count). The average molecular weight is 343 g/mol. The number of hydrogen-bond acceptors (Lipinski definition) is 4. The van der Waals surface area contributed by atoms with Gasteiger partial charge >= 0.3 is 5.97 Å². The quantitative estimate of drug-likeness (QED) is 0.909. The van der Waals surface area contributed by atoms with Crippen molar-refractivity contribution in [1.82, 2.24) is 14.7 Å². The molecule has 2 aromatic rings. The number of nitrogens with zero attached hydrogens (tertiary/aromatic N) is 3. The van der Waals surface area contributed by atoms with Crippen LogP contribution in [0.3, 0.4) is 0 Å². The van der Waals surface area contributed by atoms with Gasteiger partial charge in [0.05, 0.1) is 25.5 Å². The molecule has 1 N–H and O–H groups in total. The van der Waals surface area contributed by atoms with Crippen LogP contribution in [0.4, 0.5) is 0 Å². The molecule has 1 atom stereocenters. The molecule has 7 nitrogen and oxygen atoms in total. The summed E-state index contributed by atoms with van der Waals surface area (Å²) in [5, 5.41) is 13.7. The van der Waals surface area contributed by atoms with E-state index in [2.05, 4.69) is 5.10 Å². The van der Waals surface area contributed by atoms with E-state index in [9.17, 15) is 14.7 Å². The molecule has 0 saturated carbocycles. The van der Waals surface area contributed by atoms with Crippen LogP contribution in [0.5, 0.6) is 0 Å². The summed E-state index contributed by atoms with van der Waals surface area (Å²) in [6.45, 7) is 5.13. The summed E-state index contributed by atoms with van der Waals surface area (Å²) in [5.41, 5.74) is 3.42. The number of aliphatic carboxylic acids is 1. The topological polar surface area (TPSA) is 84.7 Å². The number of carbonyl (C=O) groups excluding carboxylic acids is 1. The van der Waals surface area contributed by atoms with E-state index in [0.29, 0.717) is 18.7 Å². The van der Waals surface area contributed by atoms with Crippen LogP contribution in [0.1, 0.15) is 27.3 Å². The standard InChI is InChI=1S/C18H21N3O4/c1-12-8-13(2)21(19-12)10-14-4-3-5-15(9-14)17(22)20-6-7-25-11-16(20)18(23)24/h3-5,8-9,16H,6-7,10-11H2,1-2H3,(H,23,24). The van der Waals surface area contributed by atoms with Gasteiger partial charge in [0.15, 0.2) is 6.04 Å². The first-order valence-electron chi connectivity index (χ1n) is 8.17. The molecule has 1 aromatic heterocycles. The summed E-state index contributed by atoms with van der Waals surface area (Å²) in [7, 11) is 0. The van der Waals surface area contributed by atoms with Gasteiger partial charge in [0, 0.05) is 17.8 Å². The zero-order valence-electron chi connectivity index (χ0n) is 14.3. The molecule has 2 heterocycles. The zero-order valence-corrected chi connectivity index (χ0v) is 14.3. The number of rotatable bonds is 4. The molecule has 1 aliphatic heterocycles. The van der Waals surface area contributed by atoms with Gasteiger partial charge in [0.1, 0.15) is 0 Å². The van der Waals surface area contributed by atoms with Crippen molar-refractivity contribution in [3.63, 3.8) is 0 Å². The van der Waals surface area contributed by atoms with Gasteiger partial charge in [-0.3, -0.25) is 9.48 Å². The molecule has 1 unspecified atom stereocenters. The summed E-state index contributed by atoms with van der Waals surface area (Å²) in [5.74, 6) is -1.34. The Hall–Kier alpha value is -2.67. The number of carboxylic acid groups (broad SMARTS) is 1. The molecule has 1 amide bonds. The van der Waals surface area contributed by atoms with Gasteiger partial charge in [-0.05, 0) is 37.6 Å². The number of morpholine rings is 1. The van der Waals surface area contributed by atoms with Crippen molar-refractivity contribution in [3.8, 4) is 0 Å². The highest BCUT2D eigenvalue weighted by molar-refractivity contribution is 5.97. The number of hydrogen-bond donors (Lipinski definition) is 1. The van der Waals surface area contributed by atoms with E-state index in [-0.39, 0.29) is 19.1 Å². The Kier molecular flexibility index (Phi) is 4.85. The molecular weight excluding hydrogens is 322 g/mol. The van der Waals surface area contributed by atoms with E-state index in [1.165, 1.54) is 4.90 Å². The summed E-state index contributed by atoms with van der Waals surface area (Å²) in [6, 6.07) is 8.31. The van der Waals surface area contributed by atoms with E-state index in [1.807, 2.05) is 36.7 Å². The van der Waals surface area contributed by atoms with Crippen molar-refractivity contribution < 1.29 is 19.4 Å². The maximum Gasteiger partial charge on any atom is 0.328 e. The molecule has 1 saturated heterocycles. The van der Waals surface area contributed by atoms with Crippen molar-refractivity contribution in [2.24, 2.45) is 0 Å². The fraction of sp³-hybridized carbons (Fsp3) is 0.389.